The lowest BCUT2D eigenvalue weighted by Gasteiger charge is -2.26. The van der Waals surface area contributed by atoms with E-state index in [0.29, 0.717) is 6.54 Å². The third-order valence-electron chi connectivity index (χ3n) is 4.99. The van der Waals surface area contributed by atoms with E-state index in [2.05, 4.69) is 53.8 Å². The Morgan fingerprint density at radius 2 is 1.96 bits per heavy atom. The highest BCUT2D eigenvalue weighted by Gasteiger charge is 2.21. The van der Waals surface area contributed by atoms with E-state index in [1.54, 1.807) is 18.0 Å². The van der Waals surface area contributed by atoms with Gasteiger partial charge in [-0.05, 0) is 40.8 Å². The van der Waals surface area contributed by atoms with Gasteiger partial charge in [-0.3, -0.25) is 0 Å². The molecule has 128 valence electrons. The quantitative estimate of drug-likeness (QED) is 0.794. The molecule has 2 aromatic rings. The van der Waals surface area contributed by atoms with Crippen LogP contribution in [0.3, 0.4) is 0 Å². The van der Waals surface area contributed by atoms with E-state index in [9.17, 15) is 4.39 Å². The van der Waals surface area contributed by atoms with Gasteiger partial charge in [-0.15, -0.1) is 0 Å². The van der Waals surface area contributed by atoms with Crippen LogP contribution in [0.15, 0.2) is 59.7 Å². The minimum Gasteiger partial charge on any atom is -0.367 e. The molecule has 0 fully saturated rings. The van der Waals surface area contributed by atoms with E-state index in [1.165, 1.54) is 27.8 Å². The van der Waals surface area contributed by atoms with Crippen molar-refractivity contribution >= 4 is 11.9 Å². The molecule has 0 unspecified atom stereocenters. The zero-order chi connectivity index (χ0) is 17.4. The number of aryl methyl sites for hydroxylation is 1. The Hall–Kier alpha value is -2.75. The molecule has 1 aromatic carbocycles. The number of fused-ring (bicyclic) bond motifs is 1. The SMILES string of the molecule is CCc1ccccc1-c1c[nH]c2c1C=C(C1=CC=C(F)N(C)C1)CN2. The second-order valence-electron chi connectivity index (χ2n) is 6.56. The first kappa shape index (κ1) is 15.8. The highest BCUT2D eigenvalue weighted by Crippen LogP contribution is 2.37. The number of halogens is 1. The van der Waals surface area contributed by atoms with E-state index < -0.39 is 0 Å². The number of H-pyrrole nitrogens is 1. The molecular weight excluding hydrogens is 313 g/mol. The molecule has 1 aromatic heterocycles. The molecule has 3 nitrogen and oxygen atoms in total. The predicted octanol–water partition coefficient (Wildman–Crippen LogP) is 4.74. The van der Waals surface area contributed by atoms with Crippen LogP contribution in [-0.2, 0) is 6.42 Å². The number of anilines is 1. The summed E-state index contributed by atoms with van der Waals surface area (Å²) in [6.45, 7) is 3.52. The summed E-state index contributed by atoms with van der Waals surface area (Å²) < 4.78 is 13.6. The van der Waals surface area contributed by atoms with Crippen LogP contribution in [0.5, 0.6) is 0 Å². The van der Waals surface area contributed by atoms with Crippen molar-refractivity contribution in [1.82, 2.24) is 9.88 Å². The number of rotatable bonds is 3. The van der Waals surface area contributed by atoms with Crippen molar-refractivity contribution in [2.75, 3.05) is 25.5 Å². The number of hydrogen-bond acceptors (Lipinski definition) is 2. The Bertz CT molecular complexity index is 902. The molecular formula is C21H22FN3. The van der Waals surface area contributed by atoms with E-state index >= 15 is 0 Å². The first-order valence-electron chi connectivity index (χ1n) is 8.69. The van der Waals surface area contributed by atoms with Crippen molar-refractivity contribution < 1.29 is 4.39 Å². The van der Waals surface area contributed by atoms with E-state index in [1.807, 2.05) is 6.08 Å². The highest BCUT2D eigenvalue weighted by molar-refractivity contribution is 5.87. The van der Waals surface area contributed by atoms with Gasteiger partial charge in [0.15, 0.2) is 5.95 Å². The van der Waals surface area contributed by atoms with Gasteiger partial charge in [0, 0.05) is 37.5 Å². The van der Waals surface area contributed by atoms with Crippen LogP contribution in [0, 0.1) is 0 Å². The van der Waals surface area contributed by atoms with Gasteiger partial charge >= 0.3 is 0 Å². The minimum atomic E-state index is -0.187. The summed E-state index contributed by atoms with van der Waals surface area (Å²) >= 11 is 0. The van der Waals surface area contributed by atoms with Gasteiger partial charge in [0.25, 0.3) is 0 Å². The number of hydrogen-bond donors (Lipinski definition) is 2. The number of nitrogens with zero attached hydrogens (tertiary/aromatic N) is 1. The van der Waals surface area contributed by atoms with Gasteiger partial charge in [-0.1, -0.05) is 37.3 Å². The zero-order valence-corrected chi connectivity index (χ0v) is 14.6. The molecule has 0 amide bonds. The van der Waals surface area contributed by atoms with Crippen LogP contribution >= 0.6 is 0 Å². The Balaban J connectivity index is 1.76. The largest absolute Gasteiger partial charge is 0.367 e. The maximum atomic E-state index is 13.6. The van der Waals surface area contributed by atoms with Crippen molar-refractivity contribution in [3.63, 3.8) is 0 Å². The molecule has 25 heavy (non-hydrogen) atoms. The summed E-state index contributed by atoms with van der Waals surface area (Å²) in [5.74, 6) is 0.865. The van der Waals surface area contributed by atoms with Gasteiger partial charge in [-0.2, -0.15) is 4.39 Å². The maximum absolute atomic E-state index is 13.6. The average molecular weight is 335 g/mol. The fraction of sp³-hybridized carbons (Fsp3) is 0.238. The van der Waals surface area contributed by atoms with Crippen LogP contribution in [0.25, 0.3) is 17.2 Å². The van der Waals surface area contributed by atoms with Crippen LogP contribution in [0.2, 0.25) is 0 Å². The number of allylic oxidation sites excluding steroid dienone is 2. The fourth-order valence-corrected chi connectivity index (χ4v) is 3.55. The van der Waals surface area contributed by atoms with Gasteiger partial charge in [0.1, 0.15) is 5.82 Å². The average Bonchev–Trinajstić information content (AvgIpc) is 3.07. The number of likely N-dealkylation sites (N-methyl/N-ethyl adjacent to an activating group) is 1. The summed E-state index contributed by atoms with van der Waals surface area (Å²) in [5.41, 5.74) is 7.36. The normalized spacial score (nSPS) is 16.6. The van der Waals surface area contributed by atoms with Crippen LogP contribution in [0.1, 0.15) is 18.1 Å². The first-order chi connectivity index (χ1) is 12.2. The van der Waals surface area contributed by atoms with Crippen molar-refractivity contribution in [1.29, 1.82) is 0 Å². The molecule has 0 saturated heterocycles. The van der Waals surface area contributed by atoms with E-state index in [-0.39, 0.29) is 5.95 Å². The summed E-state index contributed by atoms with van der Waals surface area (Å²) in [5, 5.41) is 3.47. The molecule has 0 aliphatic carbocycles. The minimum absolute atomic E-state index is 0.187. The molecule has 0 radical (unpaired) electrons. The molecule has 4 rings (SSSR count). The Kier molecular flexibility index (Phi) is 3.96. The third-order valence-corrected chi connectivity index (χ3v) is 4.99. The maximum Gasteiger partial charge on any atom is 0.189 e. The lowest BCUT2D eigenvalue weighted by atomic mass is 9.93. The van der Waals surface area contributed by atoms with Gasteiger partial charge in [0.2, 0.25) is 0 Å². The number of aromatic amines is 1. The topological polar surface area (TPSA) is 31.1 Å². The Morgan fingerprint density at radius 3 is 2.76 bits per heavy atom. The number of benzene rings is 1. The monoisotopic (exact) mass is 335 g/mol. The standard InChI is InChI=1S/C21H22FN3/c1-3-14-6-4-5-7-17(14)19-12-24-21-18(19)10-16(11-23-21)15-8-9-20(22)25(2)13-15/h4-10,12,23-24H,3,11,13H2,1-2H3. The Morgan fingerprint density at radius 1 is 1.12 bits per heavy atom. The van der Waals surface area contributed by atoms with Gasteiger partial charge in [0.05, 0.1) is 0 Å². The van der Waals surface area contributed by atoms with Crippen molar-refractivity contribution in [2.45, 2.75) is 13.3 Å². The van der Waals surface area contributed by atoms with E-state index in [4.69, 9.17) is 0 Å². The third kappa shape index (κ3) is 2.78. The molecule has 0 atom stereocenters. The lowest BCUT2D eigenvalue weighted by molar-refractivity contribution is 0.336. The zero-order valence-electron chi connectivity index (χ0n) is 14.6. The summed E-state index contributed by atoms with van der Waals surface area (Å²) in [7, 11) is 1.78. The van der Waals surface area contributed by atoms with Gasteiger partial charge < -0.3 is 15.2 Å². The molecule has 0 saturated carbocycles. The Labute approximate surface area is 147 Å². The van der Waals surface area contributed by atoms with E-state index in [0.717, 1.165) is 24.4 Å². The highest BCUT2D eigenvalue weighted by atomic mass is 19.1. The molecule has 2 aliphatic heterocycles. The van der Waals surface area contributed by atoms with Crippen molar-refractivity contribution in [3.8, 4) is 11.1 Å². The molecule has 0 bridgehead atoms. The smallest absolute Gasteiger partial charge is 0.189 e. The summed E-state index contributed by atoms with van der Waals surface area (Å²) in [4.78, 5) is 4.99. The second-order valence-corrected chi connectivity index (χ2v) is 6.56. The summed E-state index contributed by atoms with van der Waals surface area (Å²) in [6, 6.07) is 8.53. The number of aromatic nitrogens is 1. The first-order valence-corrected chi connectivity index (χ1v) is 8.69. The molecule has 3 heterocycles. The summed E-state index contributed by atoms with van der Waals surface area (Å²) in [6.07, 6.45) is 8.74. The van der Waals surface area contributed by atoms with Crippen LogP contribution < -0.4 is 5.32 Å². The predicted molar refractivity (Wildman–Crippen MR) is 102 cm³/mol. The second kappa shape index (κ2) is 6.28. The van der Waals surface area contributed by atoms with Crippen LogP contribution in [0.4, 0.5) is 10.2 Å². The van der Waals surface area contributed by atoms with Crippen molar-refractivity contribution in [3.05, 3.63) is 70.8 Å². The van der Waals surface area contributed by atoms with Gasteiger partial charge in [-0.25, -0.2) is 0 Å². The molecule has 0 spiro atoms. The number of nitrogens with one attached hydrogen (secondary N) is 2. The fourth-order valence-electron chi connectivity index (χ4n) is 3.55. The lowest BCUT2D eigenvalue weighted by Crippen LogP contribution is -2.24. The van der Waals surface area contributed by atoms with Crippen molar-refractivity contribution in [2.24, 2.45) is 0 Å². The van der Waals surface area contributed by atoms with Crippen LogP contribution in [-0.4, -0.2) is 30.0 Å². The molecule has 4 heteroatoms. The molecule has 2 aliphatic rings. The molecule has 2 N–H and O–H groups in total.